The lowest BCUT2D eigenvalue weighted by molar-refractivity contribution is -0.140. The normalized spacial score (nSPS) is 12.3. The second-order valence-corrected chi connectivity index (χ2v) is 6.40. The number of sulfonamides is 1. The van der Waals surface area contributed by atoms with Gasteiger partial charge in [0, 0.05) is 13.1 Å². The molecule has 0 radical (unpaired) electrons. The molecule has 11 heteroatoms. The first-order chi connectivity index (χ1) is 9.95. The molecule has 0 aliphatic rings. The number of amides is 1. The summed E-state index contributed by atoms with van der Waals surface area (Å²) in [4.78, 5) is 14.9. The first-order valence-electron chi connectivity index (χ1n) is 5.78. The topological polar surface area (TPSA) is 88.6 Å². The monoisotopic (exact) mass is 341 g/mol. The highest BCUT2D eigenvalue weighted by atomic mass is 32.2. The second-order valence-electron chi connectivity index (χ2n) is 4.31. The summed E-state index contributed by atoms with van der Waals surface area (Å²) in [6.07, 6.45) is -3.93. The van der Waals surface area contributed by atoms with Crippen molar-refractivity contribution in [2.24, 2.45) is 0 Å². The number of halogens is 3. The maximum absolute atomic E-state index is 12.9. The average Bonchev–Trinajstić information content (AvgIpc) is 2.36. The molecule has 7 nitrogen and oxygen atoms in total. The minimum Gasteiger partial charge on any atom is -0.481 e. The summed E-state index contributed by atoms with van der Waals surface area (Å²) in [6, 6.07) is 2.12. The standard InChI is InChI=1S/C11H14F3N3O4S/c1-17(22(3,19)20)6-8(18)15-7-4-5-9(21-2)16-10(7)11(12,13)14/h4-5H,6H2,1-3H3,(H,15,18). The number of aromatic nitrogens is 1. The van der Waals surface area contributed by atoms with Gasteiger partial charge in [0.2, 0.25) is 21.8 Å². The Bertz CT molecular complexity index is 661. The first-order valence-corrected chi connectivity index (χ1v) is 7.63. The SMILES string of the molecule is COc1ccc(NC(=O)CN(C)S(C)(=O)=O)c(C(F)(F)F)n1. The molecule has 22 heavy (non-hydrogen) atoms. The first kappa shape index (κ1) is 18.2. The van der Waals surface area contributed by atoms with Gasteiger partial charge in [0.05, 0.1) is 25.6 Å². The van der Waals surface area contributed by atoms with Crippen molar-refractivity contribution < 1.29 is 31.1 Å². The highest BCUT2D eigenvalue weighted by Gasteiger charge is 2.36. The van der Waals surface area contributed by atoms with E-state index in [-0.39, 0.29) is 5.88 Å². The molecule has 0 fully saturated rings. The third-order valence-corrected chi connectivity index (χ3v) is 3.82. The molecule has 0 saturated heterocycles. The van der Waals surface area contributed by atoms with E-state index in [1.54, 1.807) is 0 Å². The zero-order valence-electron chi connectivity index (χ0n) is 11.9. The van der Waals surface area contributed by atoms with Crippen molar-refractivity contribution >= 4 is 21.6 Å². The van der Waals surface area contributed by atoms with Crippen molar-refractivity contribution in [3.05, 3.63) is 17.8 Å². The molecule has 1 rings (SSSR count). The maximum atomic E-state index is 12.9. The minimum atomic E-state index is -4.81. The molecule has 0 aromatic carbocycles. The third-order valence-electron chi connectivity index (χ3n) is 2.55. The predicted octanol–water partition coefficient (Wildman–Crippen LogP) is 0.939. The number of alkyl halides is 3. The number of anilines is 1. The van der Waals surface area contributed by atoms with Crippen molar-refractivity contribution in [1.82, 2.24) is 9.29 Å². The Labute approximate surface area is 125 Å². The molecule has 124 valence electrons. The quantitative estimate of drug-likeness (QED) is 0.861. The average molecular weight is 341 g/mol. The van der Waals surface area contributed by atoms with Crippen LogP contribution >= 0.6 is 0 Å². The molecule has 0 aliphatic carbocycles. The fraction of sp³-hybridized carbons (Fsp3) is 0.455. The van der Waals surface area contributed by atoms with E-state index in [9.17, 15) is 26.4 Å². The molecule has 1 amide bonds. The molecule has 1 heterocycles. The Morgan fingerprint density at radius 2 is 2.00 bits per heavy atom. The molecule has 0 spiro atoms. The highest BCUT2D eigenvalue weighted by Crippen LogP contribution is 2.34. The number of ether oxygens (including phenoxy) is 1. The van der Waals surface area contributed by atoms with E-state index in [4.69, 9.17) is 0 Å². The van der Waals surface area contributed by atoms with Crippen LogP contribution < -0.4 is 10.1 Å². The van der Waals surface area contributed by atoms with E-state index in [1.807, 2.05) is 5.32 Å². The Morgan fingerprint density at radius 3 is 2.45 bits per heavy atom. The maximum Gasteiger partial charge on any atom is 0.435 e. The van der Waals surface area contributed by atoms with Gasteiger partial charge in [-0.1, -0.05) is 0 Å². The Balaban J connectivity index is 3.01. The van der Waals surface area contributed by atoms with Crippen molar-refractivity contribution in [1.29, 1.82) is 0 Å². The van der Waals surface area contributed by atoms with Crippen LogP contribution in [0.4, 0.5) is 18.9 Å². The van der Waals surface area contributed by atoms with E-state index in [0.717, 1.165) is 32.5 Å². The molecule has 0 unspecified atom stereocenters. The fourth-order valence-corrected chi connectivity index (χ4v) is 1.73. The van der Waals surface area contributed by atoms with Gasteiger partial charge in [-0.05, 0) is 6.07 Å². The van der Waals surface area contributed by atoms with Gasteiger partial charge in [-0.15, -0.1) is 0 Å². The molecule has 0 bridgehead atoms. The van der Waals surface area contributed by atoms with Crippen LogP contribution in [0.5, 0.6) is 5.88 Å². The van der Waals surface area contributed by atoms with E-state index in [2.05, 4.69) is 9.72 Å². The van der Waals surface area contributed by atoms with Crippen molar-refractivity contribution in [2.75, 3.05) is 32.3 Å². The van der Waals surface area contributed by atoms with E-state index in [0.29, 0.717) is 4.31 Å². The molecule has 1 aromatic heterocycles. The molecule has 1 N–H and O–H groups in total. The van der Waals surface area contributed by atoms with Crippen molar-refractivity contribution in [3.63, 3.8) is 0 Å². The summed E-state index contributed by atoms with van der Waals surface area (Å²) < 4.78 is 66.3. The van der Waals surface area contributed by atoms with Crippen LogP contribution in [-0.2, 0) is 21.0 Å². The van der Waals surface area contributed by atoms with Crippen molar-refractivity contribution in [2.45, 2.75) is 6.18 Å². The van der Waals surface area contributed by atoms with Crippen LogP contribution in [-0.4, -0.2) is 50.6 Å². The number of nitrogens with one attached hydrogen (secondary N) is 1. The number of nitrogens with zero attached hydrogens (tertiary/aromatic N) is 2. The second kappa shape index (κ2) is 6.48. The van der Waals surface area contributed by atoms with Crippen LogP contribution in [0.1, 0.15) is 5.69 Å². The molecule has 0 atom stereocenters. The number of methoxy groups -OCH3 is 1. The zero-order chi connectivity index (χ0) is 17.1. The van der Waals surface area contributed by atoms with Gasteiger partial charge < -0.3 is 10.1 Å². The Kier molecular flexibility index (Phi) is 5.35. The summed E-state index contributed by atoms with van der Waals surface area (Å²) in [6.45, 7) is -0.623. The van der Waals surface area contributed by atoms with E-state index < -0.39 is 40.0 Å². The number of rotatable bonds is 5. The lowest BCUT2D eigenvalue weighted by Gasteiger charge is -2.16. The van der Waals surface area contributed by atoms with Gasteiger partial charge >= 0.3 is 6.18 Å². The van der Waals surface area contributed by atoms with Crippen LogP contribution in [0.25, 0.3) is 0 Å². The molecular formula is C11H14F3N3O4S. The molecule has 1 aromatic rings. The summed E-state index contributed by atoms with van der Waals surface area (Å²) in [5, 5.41) is 1.99. The molecule has 0 saturated carbocycles. The summed E-state index contributed by atoms with van der Waals surface area (Å²) >= 11 is 0. The Morgan fingerprint density at radius 1 is 1.41 bits per heavy atom. The van der Waals surface area contributed by atoms with Gasteiger partial charge in [0.15, 0.2) is 5.69 Å². The molecular weight excluding hydrogens is 327 g/mol. The van der Waals surface area contributed by atoms with Crippen LogP contribution in [0.3, 0.4) is 0 Å². The van der Waals surface area contributed by atoms with Gasteiger partial charge in [-0.3, -0.25) is 4.79 Å². The smallest absolute Gasteiger partial charge is 0.435 e. The van der Waals surface area contributed by atoms with E-state index >= 15 is 0 Å². The lowest BCUT2D eigenvalue weighted by atomic mass is 10.2. The largest absolute Gasteiger partial charge is 0.481 e. The number of carbonyl (C=O) groups is 1. The number of hydrogen-bond donors (Lipinski definition) is 1. The number of pyridine rings is 1. The zero-order valence-corrected chi connectivity index (χ0v) is 12.7. The lowest BCUT2D eigenvalue weighted by Crippen LogP contribution is -2.34. The number of carbonyl (C=O) groups excluding carboxylic acids is 1. The van der Waals surface area contributed by atoms with Gasteiger partial charge in [-0.25, -0.2) is 13.4 Å². The van der Waals surface area contributed by atoms with Gasteiger partial charge in [-0.2, -0.15) is 17.5 Å². The summed E-state index contributed by atoms with van der Waals surface area (Å²) in [5.74, 6) is -1.19. The van der Waals surface area contributed by atoms with Gasteiger partial charge in [0.1, 0.15) is 0 Å². The minimum absolute atomic E-state index is 0.265. The summed E-state index contributed by atoms with van der Waals surface area (Å²) in [7, 11) is -1.34. The fourth-order valence-electron chi connectivity index (χ4n) is 1.38. The third kappa shape index (κ3) is 4.84. The number of likely N-dealkylation sites (N-methyl/N-ethyl adjacent to an activating group) is 1. The predicted molar refractivity (Wildman–Crippen MR) is 71.9 cm³/mol. The van der Waals surface area contributed by atoms with Crippen LogP contribution in [0.2, 0.25) is 0 Å². The van der Waals surface area contributed by atoms with Crippen molar-refractivity contribution in [3.8, 4) is 5.88 Å². The van der Waals surface area contributed by atoms with Crippen LogP contribution in [0.15, 0.2) is 12.1 Å². The Hall–Kier alpha value is -1.88. The van der Waals surface area contributed by atoms with Crippen LogP contribution in [0, 0.1) is 0 Å². The highest BCUT2D eigenvalue weighted by molar-refractivity contribution is 7.88. The van der Waals surface area contributed by atoms with E-state index in [1.165, 1.54) is 0 Å². The summed E-state index contributed by atoms with van der Waals surface area (Å²) in [5.41, 5.74) is -1.91. The number of hydrogen-bond acceptors (Lipinski definition) is 5. The molecule has 0 aliphatic heterocycles. The van der Waals surface area contributed by atoms with Gasteiger partial charge in [0.25, 0.3) is 0 Å².